The molecule has 4 rings (SSSR count). The van der Waals surface area contributed by atoms with Gasteiger partial charge in [0.05, 0.1) is 12.8 Å². The number of rotatable bonds is 9. The average Bonchev–Trinajstić information content (AvgIpc) is 3.43. The topological polar surface area (TPSA) is 42.2 Å². The second-order valence-corrected chi connectivity index (χ2v) is 9.58. The third kappa shape index (κ3) is 4.94. The van der Waals surface area contributed by atoms with Crippen LogP contribution in [-0.4, -0.2) is 17.0 Å². The number of fused-ring (bicyclic) bond motifs is 1. The summed E-state index contributed by atoms with van der Waals surface area (Å²) < 4.78 is 32.0. The Balaban J connectivity index is 1.71. The highest BCUT2D eigenvalue weighted by Crippen LogP contribution is 2.47. The van der Waals surface area contributed by atoms with Crippen molar-refractivity contribution < 1.29 is 13.0 Å². The largest absolute Gasteiger partial charge is 0.468 e. The number of nitrogens with one attached hydrogen (secondary N) is 1. The summed E-state index contributed by atoms with van der Waals surface area (Å²) >= 11 is 0. The lowest BCUT2D eigenvalue weighted by atomic mass is 9.94. The highest BCUT2D eigenvalue weighted by Gasteiger charge is 2.28. The van der Waals surface area contributed by atoms with Crippen LogP contribution < -0.4 is 5.32 Å². The van der Waals surface area contributed by atoms with Gasteiger partial charge < -0.3 is 9.73 Å². The van der Waals surface area contributed by atoms with Crippen molar-refractivity contribution in [2.45, 2.75) is 44.6 Å². The highest BCUT2D eigenvalue weighted by molar-refractivity contribution is 7.84. The van der Waals surface area contributed by atoms with E-state index in [0.717, 1.165) is 57.9 Å². The van der Waals surface area contributed by atoms with Gasteiger partial charge in [0, 0.05) is 22.0 Å². The third-order valence-corrected chi connectivity index (χ3v) is 7.13. The van der Waals surface area contributed by atoms with Gasteiger partial charge >= 0.3 is 0 Å². The molecule has 1 aliphatic rings. The zero-order valence-corrected chi connectivity index (χ0v) is 20.2. The van der Waals surface area contributed by atoms with E-state index in [1.807, 2.05) is 49.4 Å². The lowest BCUT2D eigenvalue weighted by Gasteiger charge is -2.13. The maximum atomic E-state index is 14.8. The molecule has 0 spiro atoms. The third-order valence-electron chi connectivity index (χ3n) is 6.20. The van der Waals surface area contributed by atoms with E-state index in [-0.39, 0.29) is 5.82 Å². The van der Waals surface area contributed by atoms with Crippen molar-refractivity contribution >= 4 is 28.0 Å². The first-order chi connectivity index (χ1) is 16.0. The van der Waals surface area contributed by atoms with Crippen molar-refractivity contribution in [3.8, 4) is 0 Å². The Bertz CT molecular complexity index is 1210. The molecule has 0 fully saturated rings. The molecule has 1 aromatic heterocycles. The van der Waals surface area contributed by atoms with E-state index in [2.05, 4.69) is 18.3 Å². The molecule has 0 radical (unpaired) electrons. The fourth-order valence-corrected chi connectivity index (χ4v) is 5.14. The van der Waals surface area contributed by atoms with Crippen LogP contribution in [0.15, 0.2) is 69.7 Å². The Kier molecular flexibility index (Phi) is 7.41. The first kappa shape index (κ1) is 23.4. The van der Waals surface area contributed by atoms with Crippen LogP contribution >= 0.6 is 0 Å². The SMILES string of the molecule is CCC1=C(CCNCc2ccco2)c2c(ccc(F)c2CC)C1=Cc1ccc(S(C)=O)cc1. The lowest BCUT2D eigenvalue weighted by molar-refractivity contribution is 0.485. The number of hydrogen-bond acceptors (Lipinski definition) is 3. The Morgan fingerprint density at radius 3 is 2.45 bits per heavy atom. The molecule has 33 heavy (non-hydrogen) atoms. The first-order valence-electron chi connectivity index (χ1n) is 11.5. The quantitative estimate of drug-likeness (QED) is 0.363. The van der Waals surface area contributed by atoms with Gasteiger partial charge in [-0.25, -0.2) is 4.39 Å². The maximum absolute atomic E-state index is 14.8. The fraction of sp³-hybridized carbons (Fsp3) is 0.286. The number of benzene rings is 2. The van der Waals surface area contributed by atoms with Gasteiger partial charge in [-0.3, -0.25) is 4.21 Å². The summed E-state index contributed by atoms with van der Waals surface area (Å²) in [6, 6.07) is 15.2. The summed E-state index contributed by atoms with van der Waals surface area (Å²) in [4.78, 5) is 0.814. The number of allylic oxidation sites excluding steroid dienone is 2. The summed E-state index contributed by atoms with van der Waals surface area (Å²) in [5.74, 6) is 0.771. The summed E-state index contributed by atoms with van der Waals surface area (Å²) in [5.41, 5.74) is 7.67. The minimum atomic E-state index is -1.00. The van der Waals surface area contributed by atoms with Crippen LogP contribution in [0.1, 0.15) is 54.7 Å². The molecule has 3 aromatic rings. The van der Waals surface area contributed by atoms with Crippen LogP contribution in [0.3, 0.4) is 0 Å². The van der Waals surface area contributed by atoms with Gasteiger partial charge in [-0.05, 0) is 101 Å². The molecular weight excluding hydrogens is 433 g/mol. The molecule has 0 aliphatic heterocycles. The van der Waals surface area contributed by atoms with Crippen LogP contribution in [0, 0.1) is 5.82 Å². The summed E-state index contributed by atoms with van der Waals surface area (Å²) in [7, 11) is -1.00. The molecule has 3 nitrogen and oxygen atoms in total. The molecule has 0 saturated carbocycles. The van der Waals surface area contributed by atoms with Crippen LogP contribution in [-0.2, 0) is 23.8 Å². The molecule has 1 N–H and O–H groups in total. The normalized spacial score (nSPS) is 15.3. The van der Waals surface area contributed by atoms with Gasteiger partial charge in [-0.1, -0.05) is 32.0 Å². The summed E-state index contributed by atoms with van der Waals surface area (Å²) in [6.07, 6.45) is 7.89. The van der Waals surface area contributed by atoms with E-state index in [1.165, 1.54) is 11.1 Å². The average molecular weight is 464 g/mol. The number of furan rings is 1. The Morgan fingerprint density at radius 2 is 1.82 bits per heavy atom. The van der Waals surface area contributed by atoms with Gasteiger partial charge in [0.25, 0.3) is 0 Å². The van der Waals surface area contributed by atoms with E-state index in [4.69, 9.17) is 4.42 Å². The number of halogens is 1. The zero-order valence-electron chi connectivity index (χ0n) is 19.4. The van der Waals surface area contributed by atoms with Gasteiger partial charge in [-0.2, -0.15) is 0 Å². The highest BCUT2D eigenvalue weighted by atomic mass is 32.2. The van der Waals surface area contributed by atoms with Crippen molar-refractivity contribution in [1.82, 2.24) is 5.32 Å². The molecule has 0 amide bonds. The van der Waals surface area contributed by atoms with Crippen molar-refractivity contribution in [3.05, 3.63) is 94.2 Å². The Labute approximate surface area is 197 Å². The van der Waals surface area contributed by atoms with E-state index >= 15 is 0 Å². The van der Waals surface area contributed by atoms with Crippen molar-refractivity contribution in [2.24, 2.45) is 0 Å². The number of hydrogen-bond donors (Lipinski definition) is 1. The molecule has 0 saturated heterocycles. The van der Waals surface area contributed by atoms with Crippen LogP contribution in [0.25, 0.3) is 17.2 Å². The molecule has 0 bridgehead atoms. The van der Waals surface area contributed by atoms with E-state index in [1.54, 1.807) is 18.6 Å². The monoisotopic (exact) mass is 463 g/mol. The Morgan fingerprint density at radius 1 is 1.03 bits per heavy atom. The molecule has 1 atom stereocenters. The molecule has 1 aliphatic carbocycles. The lowest BCUT2D eigenvalue weighted by Crippen LogP contribution is -2.15. The van der Waals surface area contributed by atoms with E-state index in [9.17, 15) is 8.60 Å². The van der Waals surface area contributed by atoms with E-state index in [0.29, 0.717) is 13.0 Å². The Hall–Kier alpha value is -2.76. The summed E-state index contributed by atoms with van der Waals surface area (Å²) in [6.45, 7) is 5.63. The first-order valence-corrected chi connectivity index (χ1v) is 13.0. The summed E-state index contributed by atoms with van der Waals surface area (Å²) in [5, 5.41) is 3.45. The van der Waals surface area contributed by atoms with Crippen molar-refractivity contribution in [1.29, 1.82) is 0 Å². The van der Waals surface area contributed by atoms with Crippen molar-refractivity contribution in [3.63, 3.8) is 0 Å². The minimum absolute atomic E-state index is 0.135. The molecular formula is C28H30FNO2S. The molecule has 5 heteroatoms. The van der Waals surface area contributed by atoms with Gasteiger partial charge in [0.1, 0.15) is 11.6 Å². The van der Waals surface area contributed by atoms with Crippen LogP contribution in [0.4, 0.5) is 4.39 Å². The van der Waals surface area contributed by atoms with Gasteiger partial charge in [0.2, 0.25) is 0 Å². The predicted molar refractivity (Wildman–Crippen MR) is 135 cm³/mol. The van der Waals surface area contributed by atoms with Crippen LogP contribution in [0.2, 0.25) is 0 Å². The second kappa shape index (κ2) is 10.4. The molecule has 1 heterocycles. The standard InChI is InChI=1S/C28H30FNO2S/c1-4-22-25(14-15-30-18-20-7-6-16-32-20)28-23(5-2)27(29)13-12-24(28)26(22)17-19-8-10-21(11-9-19)33(3)31/h6-13,16-17,30H,4-5,14-15,18H2,1-3H3. The predicted octanol–water partition coefficient (Wildman–Crippen LogP) is 6.62. The van der Waals surface area contributed by atoms with Gasteiger partial charge in [0.15, 0.2) is 0 Å². The van der Waals surface area contributed by atoms with E-state index < -0.39 is 10.8 Å². The smallest absolute Gasteiger partial charge is 0.127 e. The second-order valence-electron chi connectivity index (χ2n) is 8.20. The molecule has 172 valence electrons. The van der Waals surface area contributed by atoms with Gasteiger partial charge in [-0.15, -0.1) is 0 Å². The molecule has 2 aromatic carbocycles. The van der Waals surface area contributed by atoms with Crippen LogP contribution in [0.5, 0.6) is 0 Å². The fourth-order valence-electron chi connectivity index (χ4n) is 4.62. The van der Waals surface area contributed by atoms with Crippen molar-refractivity contribution in [2.75, 3.05) is 12.8 Å². The molecule has 1 unspecified atom stereocenters. The maximum Gasteiger partial charge on any atom is 0.127 e. The minimum Gasteiger partial charge on any atom is -0.468 e. The zero-order chi connectivity index (χ0) is 23.4.